The normalized spacial score (nSPS) is 15.9. The Morgan fingerprint density at radius 3 is 2.57 bits per heavy atom. The summed E-state index contributed by atoms with van der Waals surface area (Å²) in [7, 11) is 1.53. The number of carbonyl (C=O) groups is 3. The van der Waals surface area contributed by atoms with Crippen molar-refractivity contribution in [3.63, 3.8) is 0 Å². The number of nitrogens with zero attached hydrogens (tertiary/aromatic N) is 2. The fraction of sp³-hybridized carbons (Fsp3) is 0.462. The molecule has 1 fully saturated rings. The first-order valence-electron chi connectivity index (χ1n) is 11.8. The van der Waals surface area contributed by atoms with E-state index in [1.165, 1.54) is 13.1 Å². The van der Waals surface area contributed by atoms with Gasteiger partial charge in [0.25, 0.3) is 11.8 Å². The molecule has 1 saturated heterocycles. The van der Waals surface area contributed by atoms with E-state index in [1.807, 2.05) is 51.1 Å². The second-order valence-corrected chi connectivity index (χ2v) is 9.44. The minimum absolute atomic E-state index is 0.190. The van der Waals surface area contributed by atoms with E-state index in [1.54, 1.807) is 11.0 Å². The molecule has 9 heteroatoms. The standard InChI is InChI=1S/C26H34N4O5/c1-26(2,3)35-25(33)30-12-13-34-21(17-30)10-11-28-23(31)19-15-20(14-18-8-6-5-7-9-18)29-22(16-19)24(32)27-4/h5-9,15-16,21H,10-14,17H2,1-4H3,(H,27,32)(H,28,31)/t21-/m0/s1. The summed E-state index contributed by atoms with van der Waals surface area (Å²) in [5.41, 5.74) is 1.66. The third-order valence-electron chi connectivity index (χ3n) is 5.37. The van der Waals surface area contributed by atoms with Crippen LogP contribution in [0.3, 0.4) is 0 Å². The number of hydrogen-bond donors (Lipinski definition) is 2. The van der Waals surface area contributed by atoms with Crippen LogP contribution in [0.2, 0.25) is 0 Å². The minimum atomic E-state index is -0.559. The Morgan fingerprint density at radius 2 is 1.89 bits per heavy atom. The van der Waals surface area contributed by atoms with Crippen LogP contribution in [0.4, 0.5) is 4.79 Å². The van der Waals surface area contributed by atoms with Crippen LogP contribution in [0, 0.1) is 0 Å². The Kier molecular flexibility index (Phi) is 8.81. The van der Waals surface area contributed by atoms with Crippen molar-refractivity contribution in [1.29, 1.82) is 0 Å². The minimum Gasteiger partial charge on any atom is -0.444 e. The Labute approximate surface area is 206 Å². The van der Waals surface area contributed by atoms with Crippen LogP contribution in [0.1, 0.15) is 59.3 Å². The molecule has 9 nitrogen and oxygen atoms in total. The first-order chi connectivity index (χ1) is 16.6. The van der Waals surface area contributed by atoms with E-state index in [0.717, 1.165) is 5.56 Å². The third kappa shape index (κ3) is 8.06. The zero-order chi connectivity index (χ0) is 25.4. The van der Waals surface area contributed by atoms with Gasteiger partial charge in [-0.1, -0.05) is 30.3 Å². The molecule has 0 aliphatic carbocycles. The lowest BCUT2D eigenvalue weighted by atomic mass is 10.1. The van der Waals surface area contributed by atoms with Crippen molar-refractivity contribution in [1.82, 2.24) is 20.5 Å². The number of carbonyl (C=O) groups excluding carboxylic acids is 3. The van der Waals surface area contributed by atoms with Crippen LogP contribution in [0.25, 0.3) is 0 Å². The maximum atomic E-state index is 12.9. The molecule has 2 heterocycles. The number of benzene rings is 1. The van der Waals surface area contributed by atoms with Crippen LogP contribution in [0.15, 0.2) is 42.5 Å². The van der Waals surface area contributed by atoms with Crippen molar-refractivity contribution in [2.45, 2.75) is 45.3 Å². The highest BCUT2D eigenvalue weighted by Crippen LogP contribution is 2.15. The van der Waals surface area contributed by atoms with Gasteiger partial charge in [0.15, 0.2) is 0 Å². The predicted molar refractivity (Wildman–Crippen MR) is 131 cm³/mol. The van der Waals surface area contributed by atoms with E-state index in [4.69, 9.17) is 9.47 Å². The van der Waals surface area contributed by atoms with Gasteiger partial charge < -0.3 is 25.0 Å². The average Bonchev–Trinajstić information content (AvgIpc) is 2.83. The summed E-state index contributed by atoms with van der Waals surface area (Å²) in [6.07, 6.45) is 0.473. The summed E-state index contributed by atoms with van der Waals surface area (Å²) < 4.78 is 11.2. The predicted octanol–water partition coefficient (Wildman–Crippen LogP) is 2.79. The highest BCUT2D eigenvalue weighted by atomic mass is 16.6. The molecule has 2 aromatic rings. The van der Waals surface area contributed by atoms with E-state index >= 15 is 0 Å². The first kappa shape index (κ1) is 26.2. The number of amides is 3. The lowest BCUT2D eigenvalue weighted by Crippen LogP contribution is -2.48. The van der Waals surface area contributed by atoms with Gasteiger partial charge in [-0.05, 0) is 44.9 Å². The van der Waals surface area contributed by atoms with Crippen LogP contribution in [-0.4, -0.2) is 72.8 Å². The molecule has 0 saturated carbocycles. The van der Waals surface area contributed by atoms with Crippen LogP contribution in [0.5, 0.6) is 0 Å². The van der Waals surface area contributed by atoms with Crippen molar-refractivity contribution in [2.75, 3.05) is 33.3 Å². The monoisotopic (exact) mass is 482 g/mol. The lowest BCUT2D eigenvalue weighted by Gasteiger charge is -2.34. The van der Waals surface area contributed by atoms with E-state index in [0.29, 0.717) is 50.3 Å². The van der Waals surface area contributed by atoms with Crippen molar-refractivity contribution in [3.05, 3.63) is 65.0 Å². The molecule has 0 radical (unpaired) electrons. The molecule has 2 N–H and O–H groups in total. The maximum absolute atomic E-state index is 12.9. The van der Waals surface area contributed by atoms with Crippen LogP contribution >= 0.6 is 0 Å². The first-order valence-corrected chi connectivity index (χ1v) is 11.8. The Bertz CT molecular complexity index is 1040. The quantitative estimate of drug-likeness (QED) is 0.628. The Hall–Kier alpha value is -3.46. The molecule has 3 amide bonds. The van der Waals surface area contributed by atoms with Gasteiger partial charge in [0.2, 0.25) is 0 Å². The lowest BCUT2D eigenvalue weighted by molar-refractivity contribution is -0.0440. The summed E-state index contributed by atoms with van der Waals surface area (Å²) in [6, 6.07) is 12.9. The highest BCUT2D eigenvalue weighted by Gasteiger charge is 2.28. The SMILES string of the molecule is CNC(=O)c1cc(C(=O)NCC[C@H]2CN(C(=O)OC(C)(C)C)CCO2)cc(Cc2ccccc2)n1. The topological polar surface area (TPSA) is 110 Å². The fourth-order valence-corrected chi connectivity index (χ4v) is 3.69. The van der Waals surface area contributed by atoms with Gasteiger partial charge >= 0.3 is 6.09 Å². The Balaban J connectivity index is 1.60. The number of aromatic nitrogens is 1. The van der Waals surface area contributed by atoms with Crippen LogP contribution in [-0.2, 0) is 15.9 Å². The van der Waals surface area contributed by atoms with Gasteiger partial charge in [0.1, 0.15) is 11.3 Å². The van der Waals surface area contributed by atoms with Gasteiger partial charge in [-0.2, -0.15) is 0 Å². The van der Waals surface area contributed by atoms with Crippen molar-refractivity contribution in [3.8, 4) is 0 Å². The smallest absolute Gasteiger partial charge is 0.410 e. The van der Waals surface area contributed by atoms with Gasteiger partial charge in [-0.3, -0.25) is 9.59 Å². The number of rotatable bonds is 7. The summed E-state index contributed by atoms with van der Waals surface area (Å²) >= 11 is 0. The van der Waals surface area contributed by atoms with Gasteiger partial charge in [-0.25, -0.2) is 9.78 Å². The molecule has 1 atom stereocenters. The number of ether oxygens (including phenoxy) is 2. The fourth-order valence-electron chi connectivity index (χ4n) is 3.69. The van der Waals surface area contributed by atoms with E-state index in [9.17, 15) is 14.4 Å². The van der Waals surface area contributed by atoms with Crippen molar-refractivity contribution < 1.29 is 23.9 Å². The second-order valence-electron chi connectivity index (χ2n) is 9.44. The maximum Gasteiger partial charge on any atom is 0.410 e. The molecule has 1 aliphatic heterocycles. The molecule has 1 aliphatic rings. The molecule has 1 aromatic carbocycles. The molecule has 0 bridgehead atoms. The molecule has 35 heavy (non-hydrogen) atoms. The zero-order valence-electron chi connectivity index (χ0n) is 20.8. The van der Waals surface area contributed by atoms with Crippen LogP contribution < -0.4 is 10.6 Å². The van der Waals surface area contributed by atoms with Gasteiger partial charge in [0.05, 0.1) is 19.3 Å². The number of pyridine rings is 1. The van der Waals surface area contributed by atoms with Crippen molar-refractivity contribution >= 4 is 17.9 Å². The highest BCUT2D eigenvalue weighted by molar-refractivity contribution is 5.98. The third-order valence-corrected chi connectivity index (χ3v) is 5.37. The van der Waals surface area contributed by atoms with Gasteiger partial charge in [-0.15, -0.1) is 0 Å². The molecular weight excluding hydrogens is 448 g/mol. The summed E-state index contributed by atoms with van der Waals surface area (Å²) in [4.78, 5) is 43.5. The number of nitrogens with one attached hydrogen (secondary N) is 2. The Morgan fingerprint density at radius 1 is 1.14 bits per heavy atom. The van der Waals surface area contributed by atoms with E-state index in [-0.39, 0.29) is 29.7 Å². The van der Waals surface area contributed by atoms with Gasteiger partial charge in [0, 0.05) is 37.8 Å². The summed E-state index contributed by atoms with van der Waals surface area (Å²) in [5, 5.41) is 5.45. The average molecular weight is 483 g/mol. The number of hydrogen-bond acceptors (Lipinski definition) is 6. The van der Waals surface area contributed by atoms with E-state index < -0.39 is 5.60 Å². The molecule has 0 spiro atoms. The number of morpholine rings is 1. The molecular formula is C26H34N4O5. The van der Waals surface area contributed by atoms with E-state index in [2.05, 4.69) is 15.6 Å². The van der Waals surface area contributed by atoms with Crippen molar-refractivity contribution in [2.24, 2.45) is 0 Å². The molecule has 1 aromatic heterocycles. The summed E-state index contributed by atoms with van der Waals surface area (Å²) in [5.74, 6) is -0.654. The molecule has 0 unspecified atom stereocenters. The molecule has 188 valence electrons. The summed E-state index contributed by atoms with van der Waals surface area (Å²) in [6.45, 7) is 7.15. The zero-order valence-corrected chi connectivity index (χ0v) is 20.8. The second kappa shape index (κ2) is 11.8. The molecule has 3 rings (SSSR count). The largest absolute Gasteiger partial charge is 0.444 e.